The molecule has 1 aromatic carbocycles. The van der Waals surface area contributed by atoms with Crippen LogP contribution >= 0.6 is 0 Å². The van der Waals surface area contributed by atoms with Crippen LogP contribution < -0.4 is 15.7 Å². The number of hydrogen-bond acceptors (Lipinski definition) is 6. The van der Waals surface area contributed by atoms with E-state index in [1.165, 1.54) is 0 Å². The third-order valence-electron chi connectivity index (χ3n) is 5.27. The largest absolute Gasteiger partial charge is 0.485 e. The third kappa shape index (κ3) is 3.69. The van der Waals surface area contributed by atoms with Crippen LogP contribution in [0.1, 0.15) is 38.8 Å². The first-order valence-corrected chi connectivity index (χ1v) is 9.35. The van der Waals surface area contributed by atoms with Crippen molar-refractivity contribution in [1.29, 1.82) is 0 Å². The maximum absolute atomic E-state index is 12.4. The molecule has 0 spiro atoms. The zero-order valence-electron chi connectivity index (χ0n) is 17.0. The maximum Gasteiger partial charge on any atom is 0.340 e. The summed E-state index contributed by atoms with van der Waals surface area (Å²) in [6.45, 7) is 11.5. The Morgan fingerprint density at radius 1 is 1.32 bits per heavy atom. The van der Waals surface area contributed by atoms with Crippen molar-refractivity contribution < 1.29 is 18.7 Å². The highest BCUT2D eigenvalue weighted by molar-refractivity contribution is 5.81. The van der Waals surface area contributed by atoms with Crippen LogP contribution in [0.25, 0.3) is 11.0 Å². The van der Waals surface area contributed by atoms with E-state index in [9.17, 15) is 9.59 Å². The van der Waals surface area contributed by atoms with Gasteiger partial charge in [-0.05, 0) is 38.6 Å². The summed E-state index contributed by atoms with van der Waals surface area (Å²) in [5, 5.41) is 3.61. The molecule has 0 bridgehead atoms. The maximum atomic E-state index is 12.4. The molecule has 6 nitrogen and oxygen atoms in total. The minimum atomic E-state index is -0.796. The van der Waals surface area contributed by atoms with Crippen molar-refractivity contribution in [2.24, 2.45) is 0 Å². The lowest BCUT2D eigenvalue weighted by atomic mass is 9.85. The summed E-state index contributed by atoms with van der Waals surface area (Å²) < 4.78 is 17.2. The van der Waals surface area contributed by atoms with Crippen molar-refractivity contribution in [2.75, 3.05) is 13.6 Å². The number of benzene rings is 1. The van der Waals surface area contributed by atoms with E-state index in [4.69, 9.17) is 13.9 Å². The minimum Gasteiger partial charge on any atom is -0.485 e. The number of rotatable bonds is 6. The summed E-state index contributed by atoms with van der Waals surface area (Å²) in [7, 11) is 1.69. The van der Waals surface area contributed by atoms with E-state index in [-0.39, 0.29) is 24.2 Å². The Morgan fingerprint density at radius 2 is 2.04 bits per heavy atom. The predicted octanol–water partition coefficient (Wildman–Crippen LogP) is 3.10. The van der Waals surface area contributed by atoms with Gasteiger partial charge >= 0.3 is 11.6 Å². The van der Waals surface area contributed by atoms with Gasteiger partial charge in [0.25, 0.3) is 0 Å². The number of hydrogen-bond donors (Lipinski definition) is 1. The molecule has 1 N–H and O–H groups in total. The van der Waals surface area contributed by atoms with Crippen LogP contribution in [0.4, 0.5) is 0 Å². The van der Waals surface area contributed by atoms with Gasteiger partial charge in [-0.15, -0.1) is 6.58 Å². The van der Waals surface area contributed by atoms with Gasteiger partial charge in [-0.2, -0.15) is 0 Å². The zero-order valence-corrected chi connectivity index (χ0v) is 17.0. The summed E-state index contributed by atoms with van der Waals surface area (Å²) in [5.41, 5.74) is 0.358. The molecule has 0 fully saturated rings. The lowest BCUT2D eigenvalue weighted by Crippen LogP contribution is -2.45. The number of nitrogens with one attached hydrogen (secondary N) is 1. The Balaban J connectivity index is 1.93. The Labute approximate surface area is 164 Å². The van der Waals surface area contributed by atoms with Crippen molar-refractivity contribution >= 4 is 16.9 Å². The van der Waals surface area contributed by atoms with Crippen molar-refractivity contribution in [3.05, 3.63) is 52.4 Å². The monoisotopic (exact) mass is 385 g/mol. The lowest BCUT2D eigenvalue weighted by Gasteiger charge is -2.30. The highest BCUT2D eigenvalue weighted by Crippen LogP contribution is 2.38. The molecule has 28 heavy (non-hydrogen) atoms. The quantitative estimate of drug-likeness (QED) is 0.468. The van der Waals surface area contributed by atoms with Crippen LogP contribution in [-0.2, 0) is 21.4 Å². The van der Waals surface area contributed by atoms with E-state index >= 15 is 0 Å². The highest BCUT2D eigenvalue weighted by Gasteiger charge is 2.40. The molecule has 2 aromatic rings. The molecule has 1 atom stereocenters. The SMILES string of the molecule is C=CC(C)(C)c1cc2cc3c(cc2oc1=O)O[C@@H](C(C)(C)OC(=O)CNC)C3. The summed E-state index contributed by atoms with van der Waals surface area (Å²) in [6.07, 6.45) is 2.01. The molecule has 1 aliphatic heterocycles. The van der Waals surface area contributed by atoms with E-state index in [1.54, 1.807) is 19.2 Å². The fraction of sp³-hybridized carbons (Fsp3) is 0.455. The number of carbonyl (C=O) groups excluding carboxylic acids is 1. The molecule has 6 heteroatoms. The fourth-order valence-corrected chi connectivity index (χ4v) is 3.35. The molecule has 1 aliphatic rings. The molecular formula is C22H27NO5. The first-order valence-electron chi connectivity index (χ1n) is 9.35. The lowest BCUT2D eigenvalue weighted by molar-refractivity contribution is -0.163. The molecule has 0 amide bonds. The molecule has 0 saturated heterocycles. The van der Waals surface area contributed by atoms with Crippen molar-refractivity contribution in [3.8, 4) is 5.75 Å². The van der Waals surface area contributed by atoms with E-state index in [1.807, 2.05) is 39.8 Å². The number of ether oxygens (including phenoxy) is 2. The van der Waals surface area contributed by atoms with Gasteiger partial charge in [0.05, 0.1) is 6.54 Å². The van der Waals surface area contributed by atoms with E-state index in [0.29, 0.717) is 23.3 Å². The van der Waals surface area contributed by atoms with Crippen LogP contribution in [0.5, 0.6) is 5.75 Å². The van der Waals surface area contributed by atoms with Gasteiger partial charge in [-0.3, -0.25) is 4.79 Å². The molecule has 150 valence electrons. The second-order valence-corrected chi connectivity index (χ2v) is 8.29. The number of fused-ring (bicyclic) bond motifs is 2. The van der Waals surface area contributed by atoms with Crippen LogP contribution in [0.2, 0.25) is 0 Å². The summed E-state index contributed by atoms with van der Waals surface area (Å²) in [6, 6.07) is 5.57. The summed E-state index contributed by atoms with van der Waals surface area (Å²) in [4.78, 5) is 24.3. The Morgan fingerprint density at radius 3 is 2.68 bits per heavy atom. The van der Waals surface area contributed by atoms with Gasteiger partial charge in [0.1, 0.15) is 23.0 Å². The van der Waals surface area contributed by atoms with Gasteiger partial charge in [0.15, 0.2) is 0 Å². The van der Waals surface area contributed by atoms with Crippen LogP contribution in [0.15, 0.2) is 40.1 Å². The number of esters is 1. The molecule has 2 heterocycles. The summed E-state index contributed by atoms with van der Waals surface area (Å²) in [5.74, 6) is 0.314. The smallest absolute Gasteiger partial charge is 0.340 e. The van der Waals surface area contributed by atoms with Crippen LogP contribution in [0.3, 0.4) is 0 Å². The summed E-state index contributed by atoms with van der Waals surface area (Å²) >= 11 is 0. The second kappa shape index (κ2) is 7.09. The van der Waals surface area contributed by atoms with Gasteiger partial charge in [-0.1, -0.05) is 19.9 Å². The molecule has 0 unspecified atom stereocenters. The molecular weight excluding hydrogens is 358 g/mol. The van der Waals surface area contributed by atoms with Gasteiger partial charge in [0, 0.05) is 28.9 Å². The minimum absolute atomic E-state index is 0.139. The molecule has 3 rings (SSSR count). The van der Waals surface area contributed by atoms with E-state index < -0.39 is 11.0 Å². The number of likely N-dealkylation sites (N-methyl/N-ethyl adjacent to an activating group) is 1. The highest BCUT2D eigenvalue weighted by atomic mass is 16.6. The van der Waals surface area contributed by atoms with Crippen molar-refractivity contribution in [2.45, 2.75) is 51.2 Å². The number of carbonyl (C=O) groups is 1. The average molecular weight is 385 g/mol. The Kier molecular flexibility index (Phi) is 5.10. The third-order valence-corrected chi connectivity index (χ3v) is 5.27. The molecule has 0 saturated carbocycles. The average Bonchev–Trinajstić information content (AvgIpc) is 3.02. The van der Waals surface area contributed by atoms with Gasteiger partial charge in [0.2, 0.25) is 0 Å². The molecule has 1 aromatic heterocycles. The van der Waals surface area contributed by atoms with Crippen LogP contribution in [-0.4, -0.2) is 31.3 Å². The second-order valence-electron chi connectivity index (χ2n) is 8.29. The molecule has 0 aliphatic carbocycles. The predicted molar refractivity (Wildman–Crippen MR) is 108 cm³/mol. The van der Waals surface area contributed by atoms with Crippen molar-refractivity contribution in [1.82, 2.24) is 5.32 Å². The van der Waals surface area contributed by atoms with Gasteiger partial charge in [-0.25, -0.2) is 4.79 Å². The molecule has 0 radical (unpaired) electrons. The van der Waals surface area contributed by atoms with E-state index in [2.05, 4.69) is 11.9 Å². The first-order chi connectivity index (χ1) is 13.1. The zero-order chi connectivity index (χ0) is 20.7. The number of allylic oxidation sites excluding steroid dienone is 1. The topological polar surface area (TPSA) is 77.8 Å². The van der Waals surface area contributed by atoms with Gasteiger partial charge < -0.3 is 19.2 Å². The standard InChI is InChI=1S/C22H27NO5/c1-7-21(2,3)15-9-13-8-14-10-18(22(4,5)28-19(24)12-23-6)26-16(14)11-17(13)27-20(15)25/h7-9,11,18,23H,1,10,12H2,2-6H3/t18-/m1/s1. The Hall–Kier alpha value is -2.60. The Bertz CT molecular complexity index is 986. The first kappa shape index (κ1) is 20.1. The van der Waals surface area contributed by atoms with Crippen molar-refractivity contribution in [3.63, 3.8) is 0 Å². The fourth-order valence-electron chi connectivity index (χ4n) is 3.35. The van der Waals surface area contributed by atoms with Crippen LogP contribution in [0, 0.1) is 0 Å². The van der Waals surface area contributed by atoms with E-state index in [0.717, 1.165) is 10.9 Å². The normalized spacial score (nSPS) is 16.5.